The Morgan fingerprint density at radius 1 is 1.19 bits per heavy atom. The quantitative estimate of drug-likeness (QED) is 0.607. The summed E-state index contributed by atoms with van der Waals surface area (Å²) in [7, 11) is -4.60. The van der Waals surface area contributed by atoms with Gasteiger partial charge in [-0.2, -0.15) is 0 Å². The third kappa shape index (κ3) is 2.49. The van der Waals surface area contributed by atoms with Crippen molar-refractivity contribution < 1.29 is 23.3 Å². The molecule has 84 valence electrons. The number of benzene rings is 1. The molecule has 0 aliphatic carbocycles. The topological polar surface area (TPSA) is 97.0 Å². The van der Waals surface area contributed by atoms with Gasteiger partial charge < -0.3 is 8.94 Å². The number of hydrogen-bond donors (Lipinski definition) is 2. The van der Waals surface area contributed by atoms with E-state index in [2.05, 4.69) is 4.52 Å². The molecule has 0 unspecified atom stereocenters. The molecular weight excluding hydrogens is 235 g/mol. The van der Waals surface area contributed by atoms with Crippen LogP contribution >= 0.6 is 7.82 Å². The molecule has 2 rings (SSSR count). The fraction of sp³-hybridized carbons (Fsp3) is 0. The molecule has 0 atom stereocenters. The van der Waals surface area contributed by atoms with Crippen molar-refractivity contribution in [2.45, 2.75) is 0 Å². The number of fused-ring (bicyclic) bond motifs is 1. The van der Waals surface area contributed by atoms with Gasteiger partial charge in [0.1, 0.15) is 11.3 Å². The van der Waals surface area contributed by atoms with Gasteiger partial charge >= 0.3 is 13.4 Å². The van der Waals surface area contributed by atoms with Crippen molar-refractivity contribution in [2.75, 3.05) is 0 Å². The van der Waals surface area contributed by atoms with Crippen molar-refractivity contribution in [3.8, 4) is 5.75 Å². The molecule has 0 saturated carbocycles. The van der Waals surface area contributed by atoms with E-state index < -0.39 is 13.4 Å². The summed E-state index contributed by atoms with van der Waals surface area (Å²) in [5.41, 5.74) is -0.334. The van der Waals surface area contributed by atoms with E-state index in [0.717, 1.165) is 0 Å². The van der Waals surface area contributed by atoms with Gasteiger partial charge in [0, 0.05) is 17.5 Å². The minimum Gasteiger partial charge on any atom is -0.423 e. The highest BCUT2D eigenvalue weighted by Crippen LogP contribution is 2.38. The molecule has 0 bridgehead atoms. The van der Waals surface area contributed by atoms with E-state index in [9.17, 15) is 9.36 Å². The third-order valence-electron chi connectivity index (χ3n) is 1.82. The Morgan fingerprint density at radius 2 is 1.88 bits per heavy atom. The number of phosphoric acid groups is 1. The molecule has 0 radical (unpaired) electrons. The van der Waals surface area contributed by atoms with Crippen LogP contribution in [0.1, 0.15) is 0 Å². The Bertz CT molecular complexity index is 625. The van der Waals surface area contributed by atoms with Crippen LogP contribution in [0.25, 0.3) is 11.0 Å². The minimum atomic E-state index is -4.60. The van der Waals surface area contributed by atoms with Crippen molar-refractivity contribution >= 4 is 18.8 Å². The van der Waals surface area contributed by atoms with E-state index in [1.807, 2.05) is 0 Å². The van der Waals surface area contributed by atoms with Gasteiger partial charge in [-0.15, -0.1) is 0 Å². The van der Waals surface area contributed by atoms with E-state index in [4.69, 9.17) is 14.2 Å². The first kappa shape index (κ1) is 10.9. The van der Waals surface area contributed by atoms with Crippen molar-refractivity contribution in [1.29, 1.82) is 0 Å². The molecule has 16 heavy (non-hydrogen) atoms. The molecule has 6 nitrogen and oxygen atoms in total. The van der Waals surface area contributed by atoms with Crippen LogP contribution in [0.15, 0.2) is 39.5 Å². The summed E-state index contributed by atoms with van der Waals surface area (Å²) in [6, 6.07) is 6.95. The smallest absolute Gasteiger partial charge is 0.423 e. The lowest BCUT2D eigenvalue weighted by atomic mass is 10.2. The Hall–Kier alpha value is -1.62. The van der Waals surface area contributed by atoms with E-state index in [-0.39, 0.29) is 11.3 Å². The van der Waals surface area contributed by atoms with Gasteiger partial charge in [-0.1, -0.05) is 0 Å². The molecule has 1 heterocycles. The van der Waals surface area contributed by atoms with Gasteiger partial charge in [0.15, 0.2) is 0 Å². The maximum Gasteiger partial charge on any atom is 0.524 e. The standard InChI is InChI=1S/C9H7O6P/c10-9-4-2-6-1-3-7(5-8(6)14-9)15-16(11,12)13/h1-5H,(H2,11,12,13). The maximum absolute atomic E-state index is 10.9. The molecule has 0 aliphatic rings. The van der Waals surface area contributed by atoms with E-state index in [1.165, 1.54) is 24.3 Å². The number of phosphoric ester groups is 1. The summed E-state index contributed by atoms with van der Waals surface area (Å²) in [5, 5.41) is 0.637. The Kier molecular flexibility index (Phi) is 2.55. The van der Waals surface area contributed by atoms with Crippen LogP contribution in [0, 0.1) is 0 Å². The normalized spacial score (nSPS) is 11.6. The summed E-state index contributed by atoms with van der Waals surface area (Å²) in [4.78, 5) is 28.1. The lowest BCUT2D eigenvalue weighted by Crippen LogP contribution is -1.95. The van der Waals surface area contributed by atoms with Crippen LogP contribution in [-0.4, -0.2) is 9.79 Å². The van der Waals surface area contributed by atoms with E-state index in [0.29, 0.717) is 5.39 Å². The van der Waals surface area contributed by atoms with Crippen molar-refractivity contribution in [3.63, 3.8) is 0 Å². The van der Waals surface area contributed by atoms with Crippen LogP contribution in [0.5, 0.6) is 5.75 Å². The zero-order valence-corrected chi connectivity index (χ0v) is 8.76. The molecule has 0 aliphatic heterocycles. The number of rotatable bonds is 2. The second-order valence-electron chi connectivity index (χ2n) is 3.04. The Balaban J connectivity index is 2.51. The fourth-order valence-electron chi connectivity index (χ4n) is 1.24. The molecule has 0 amide bonds. The second-order valence-corrected chi connectivity index (χ2v) is 4.20. The first-order valence-corrected chi connectivity index (χ1v) is 5.76. The van der Waals surface area contributed by atoms with Crippen molar-refractivity contribution in [1.82, 2.24) is 0 Å². The highest BCUT2D eigenvalue weighted by Gasteiger charge is 2.16. The summed E-state index contributed by atoms with van der Waals surface area (Å²) in [5.74, 6) is -0.0600. The van der Waals surface area contributed by atoms with Crippen LogP contribution < -0.4 is 10.1 Å². The average Bonchev–Trinajstić information content (AvgIpc) is 2.14. The molecule has 0 spiro atoms. The van der Waals surface area contributed by atoms with E-state index >= 15 is 0 Å². The summed E-state index contributed by atoms with van der Waals surface area (Å²) in [6.45, 7) is 0. The van der Waals surface area contributed by atoms with Crippen LogP contribution in [0.3, 0.4) is 0 Å². The molecule has 2 N–H and O–H groups in total. The lowest BCUT2D eigenvalue weighted by molar-refractivity contribution is 0.283. The maximum atomic E-state index is 10.9. The van der Waals surface area contributed by atoms with Gasteiger partial charge in [-0.3, -0.25) is 9.79 Å². The predicted octanol–water partition coefficient (Wildman–Crippen LogP) is 1.26. The summed E-state index contributed by atoms with van der Waals surface area (Å²) < 4.78 is 19.8. The average molecular weight is 242 g/mol. The van der Waals surface area contributed by atoms with Crippen LogP contribution in [0.4, 0.5) is 0 Å². The first-order chi connectivity index (χ1) is 7.44. The van der Waals surface area contributed by atoms with Crippen molar-refractivity contribution in [3.05, 3.63) is 40.8 Å². The molecule has 2 aromatic rings. The van der Waals surface area contributed by atoms with Crippen molar-refractivity contribution in [2.24, 2.45) is 0 Å². The lowest BCUT2D eigenvalue weighted by Gasteiger charge is -2.06. The Labute approximate surface area is 89.3 Å². The monoisotopic (exact) mass is 242 g/mol. The summed E-state index contributed by atoms with van der Waals surface area (Å²) >= 11 is 0. The predicted molar refractivity (Wildman–Crippen MR) is 55.2 cm³/mol. The van der Waals surface area contributed by atoms with Crippen LogP contribution in [0.2, 0.25) is 0 Å². The molecule has 1 aromatic heterocycles. The zero-order valence-electron chi connectivity index (χ0n) is 7.86. The largest absolute Gasteiger partial charge is 0.524 e. The molecule has 7 heteroatoms. The highest BCUT2D eigenvalue weighted by molar-refractivity contribution is 7.46. The fourth-order valence-corrected chi connectivity index (χ4v) is 1.62. The second kappa shape index (κ2) is 3.75. The number of hydrogen-bond acceptors (Lipinski definition) is 4. The Morgan fingerprint density at radius 3 is 2.56 bits per heavy atom. The first-order valence-electron chi connectivity index (χ1n) is 4.23. The van der Waals surface area contributed by atoms with Gasteiger partial charge in [0.2, 0.25) is 0 Å². The summed E-state index contributed by atoms with van der Waals surface area (Å²) in [6.07, 6.45) is 0. The SMILES string of the molecule is O=c1ccc2ccc(OP(=O)(O)O)cc2o1. The third-order valence-corrected chi connectivity index (χ3v) is 2.27. The molecular formula is C9H7O6P. The van der Waals surface area contributed by atoms with Gasteiger partial charge in [-0.25, -0.2) is 9.36 Å². The molecule has 1 aromatic carbocycles. The zero-order chi connectivity index (χ0) is 11.8. The van der Waals surface area contributed by atoms with E-state index in [1.54, 1.807) is 6.07 Å². The van der Waals surface area contributed by atoms with Gasteiger partial charge in [0.05, 0.1) is 0 Å². The highest BCUT2D eigenvalue weighted by atomic mass is 31.2. The minimum absolute atomic E-state index is 0.0600. The van der Waals surface area contributed by atoms with Crippen LogP contribution in [-0.2, 0) is 4.57 Å². The molecule has 0 saturated heterocycles. The van der Waals surface area contributed by atoms with Gasteiger partial charge in [-0.05, 0) is 18.2 Å². The van der Waals surface area contributed by atoms with Gasteiger partial charge in [0.25, 0.3) is 0 Å². The molecule has 0 fully saturated rings.